The first-order valence-corrected chi connectivity index (χ1v) is 17.9. The lowest BCUT2D eigenvalue weighted by Crippen LogP contribution is -2.53. The van der Waals surface area contributed by atoms with E-state index in [-0.39, 0.29) is 55.5 Å². The van der Waals surface area contributed by atoms with Crippen LogP contribution in [0.5, 0.6) is 5.75 Å². The number of likely N-dealkylation sites (N-methyl/N-ethyl adjacent to an activating group) is 1. The van der Waals surface area contributed by atoms with Crippen molar-refractivity contribution >= 4 is 50.3 Å². The van der Waals surface area contributed by atoms with Crippen molar-refractivity contribution in [1.29, 1.82) is 0 Å². The van der Waals surface area contributed by atoms with E-state index in [2.05, 4.69) is 16.8 Å². The van der Waals surface area contributed by atoms with Gasteiger partial charge in [-0.05, 0) is 57.0 Å². The van der Waals surface area contributed by atoms with Gasteiger partial charge < -0.3 is 23.7 Å². The number of ether oxygens (including phenoxy) is 2. The number of piperazine rings is 1. The number of anilines is 1. The fraction of sp³-hybridized carbons (Fsp3) is 0.485. The number of methoxy groups -OCH3 is 2. The van der Waals surface area contributed by atoms with Gasteiger partial charge >= 0.3 is 15.8 Å². The van der Waals surface area contributed by atoms with Crippen LogP contribution in [0.25, 0.3) is 11.0 Å². The van der Waals surface area contributed by atoms with E-state index in [1.807, 2.05) is 17.7 Å². The van der Waals surface area contributed by atoms with Crippen LogP contribution in [0.2, 0.25) is 5.02 Å². The monoisotopic (exact) mass is 719 g/mol. The summed E-state index contributed by atoms with van der Waals surface area (Å²) >= 11 is 6.90. The number of hydrogen-bond donors (Lipinski definition) is 1. The summed E-state index contributed by atoms with van der Waals surface area (Å²) in [7, 11) is 0.824. The molecule has 6 rings (SSSR count). The van der Waals surface area contributed by atoms with Crippen LogP contribution in [0, 0.1) is 12.7 Å². The molecular weight excluding hydrogens is 681 g/mol. The summed E-state index contributed by atoms with van der Waals surface area (Å²) < 4.78 is 60.1. The van der Waals surface area contributed by atoms with Gasteiger partial charge in [0, 0.05) is 63.0 Å². The molecule has 2 fully saturated rings. The number of fused-ring (bicyclic) bond motifs is 3. The largest absolute Gasteiger partial charge is 0.496 e. The van der Waals surface area contributed by atoms with Gasteiger partial charge in [-0.25, -0.2) is 13.9 Å². The second-order valence-electron chi connectivity index (χ2n) is 12.6. The van der Waals surface area contributed by atoms with Crippen molar-refractivity contribution in [3.8, 4) is 5.75 Å². The highest BCUT2D eigenvalue weighted by Gasteiger charge is 2.33. The van der Waals surface area contributed by atoms with Crippen molar-refractivity contribution in [2.75, 3.05) is 72.0 Å². The molecule has 1 N–H and O–H groups in total. The summed E-state index contributed by atoms with van der Waals surface area (Å²) in [5, 5.41) is 1.05. The summed E-state index contributed by atoms with van der Waals surface area (Å²) in [4.78, 5) is 45.8. The number of nitrogens with one attached hydrogen (secondary N) is 1. The molecular formula is C33H39ClFN5O8S. The van der Waals surface area contributed by atoms with Crippen LogP contribution in [0.1, 0.15) is 50.2 Å². The smallest absolute Gasteiger partial charge is 0.341 e. The SMILES string of the molecule is COC[C@H]1CN(c2cc(Cl)c3c4c(c(=O)oc3c2C)CN(C(=O)c2cc(F)c(C(=O)NS(=O)(=O)N3CCCC3)cc2OC)CC4)CCN1C. The number of hydrogen-bond acceptors (Lipinski definition) is 10. The van der Waals surface area contributed by atoms with Crippen LogP contribution in [0.4, 0.5) is 10.1 Å². The summed E-state index contributed by atoms with van der Waals surface area (Å²) in [6.45, 7) is 5.35. The molecule has 16 heteroatoms. The fourth-order valence-corrected chi connectivity index (χ4v) is 8.46. The summed E-state index contributed by atoms with van der Waals surface area (Å²) in [6, 6.07) is 3.92. The number of benzene rings is 2. The molecule has 1 atom stereocenters. The standard InChI is InChI=1S/C33H39ClFN5O8S/c1-19-27(38-12-11-37(2)20(16-38)18-46-3)15-25(34)29-21-7-10-39(17-24(21)33(43)48-30(19)29)32(42)23-13-26(35)22(14-28(23)47-4)31(41)36-49(44,45)40-8-5-6-9-40/h13-15,20H,5-12,16-18H2,1-4H3,(H,36,41)/t20-/m1/s1. The number of carbonyl (C=O) groups excluding carboxylic acids is 2. The van der Waals surface area contributed by atoms with Gasteiger partial charge in [0.25, 0.3) is 11.8 Å². The van der Waals surface area contributed by atoms with Gasteiger partial charge in [0.1, 0.15) is 17.1 Å². The Bertz CT molecular complexity index is 1980. The highest BCUT2D eigenvalue weighted by molar-refractivity contribution is 7.87. The maximum Gasteiger partial charge on any atom is 0.341 e. The molecule has 4 heterocycles. The van der Waals surface area contributed by atoms with E-state index >= 15 is 4.39 Å². The first-order valence-electron chi connectivity index (χ1n) is 16.0. The number of carbonyl (C=O) groups is 2. The molecule has 3 aliphatic rings. The molecule has 2 saturated heterocycles. The third-order valence-electron chi connectivity index (χ3n) is 9.70. The minimum atomic E-state index is -4.16. The molecule has 49 heavy (non-hydrogen) atoms. The quantitative estimate of drug-likeness (QED) is 0.346. The Morgan fingerprint density at radius 3 is 2.49 bits per heavy atom. The van der Waals surface area contributed by atoms with Gasteiger partial charge in [-0.2, -0.15) is 12.7 Å². The maximum absolute atomic E-state index is 15.3. The predicted molar refractivity (Wildman–Crippen MR) is 181 cm³/mol. The Morgan fingerprint density at radius 1 is 1.06 bits per heavy atom. The zero-order valence-corrected chi connectivity index (χ0v) is 29.4. The molecule has 0 bridgehead atoms. The Morgan fingerprint density at radius 2 is 1.80 bits per heavy atom. The molecule has 3 aliphatic heterocycles. The minimum Gasteiger partial charge on any atom is -0.496 e. The van der Waals surface area contributed by atoms with E-state index in [4.69, 9.17) is 25.5 Å². The third-order valence-corrected chi connectivity index (χ3v) is 11.5. The van der Waals surface area contributed by atoms with Crippen molar-refractivity contribution in [1.82, 2.24) is 18.8 Å². The summed E-state index contributed by atoms with van der Waals surface area (Å²) in [6.07, 6.45) is 1.60. The molecule has 1 aromatic heterocycles. The van der Waals surface area contributed by atoms with Gasteiger partial charge in [0.15, 0.2) is 0 Å². The first-order chi connectivity index (χ1) is 23.3. The molecule has 13 nitrogen and oxygen atoms in total. The van der Waals surface area contributed by atoms with Crippen molar-refractivity contribution in [3.63, 3.8) is 0 Å². The van der Waals surface area contributed by atoms with Crippen LogP contribution >= 0.6 is 11.6 Å². The fourth-order valence-electron chi connectivity index (χ4n) is 6.94. The Balaban J connectivity index is 1.26. The molecule has 264 valence electrons. The van der Waals surface area contributed by atoms with Crippen LogP contribution in [0.15, 0.2) is 27.4 Å². The van der Waals surface area contributed by atoms with E-state index < -0.39 is 39.0 Å². The topological polar surface area (TPSA) is 142 Å². The predicted octanol–water partition coefficient (Wildman–Crippen LogP) is 2.94. The normalized spacial score (nSPS) is 18.9. The lowest BCUT2D eigenvalue weighted by atomic mass is 9.94. The van der Waals surface area contributed by atoms with Crippen LogP contribution < -0.4 is 20.0 Å². The van der Waals surface area contributed by atoms with Gasteiger partial charge in [0.05, 0.1) is 48.0 Å². The molecule has 0 saturated carbocycles. The van der Waals surface area contributed by atoms with E-state index in [1.165, 1.54) is 12.0 Å². The molecule has 2 aromatic carbocycles. The van der Waals surface area contributed by atoms with Crippen molar-refractivity contribution in [3.05, 3.63) is 67.3 Å². The molecule has 0 unspecified atom stereocenters. The van der Waals surface area contributed by atoms with Gasteiger partial charge in [-0.15, -0.1) is 0 Å². The number of amides is 2. The van der Waals surface area contributed by atoms with Gasteiger partial charge in [-0.1, -0.05) is 11.6 Å². The summed E-state index contributed by atoms with van der Waals surface area (Å²) in [5.41, 5.74) is 1.64. The zero-order chi connectivity index (χ0) is 35.2. The summed E-state index contributed by atoms with van der Waals surface area (Å²) in [5.74, 6) is -3.06. The minimum absolute atomic E-state index is 0.123. The van der Waals surface area contributed by atoms with Gasteiger partial charge in [0.2, 0.25) is 0 Å². The van der Waals surface area contributed by atoms with Gasteiger partial charge in [-0.3, -0.25) is 14.5 Å². The Labute approximate surface area is 288 Å². The Hall–Kier alpha value is -3.76. The van der Waals surface area contributed by atoms with E-state index in [0.717, 1.165) is 40.8 Å². The second-order valence-corrected chi connectivity index (χ2v) is 14.7. The maximum atomic E-state index is 15.3. The first kappa shape index (κ1) is 35.1. The van der Waals surface area contributed by atoms with E-state index in [1.54, 1.807) is 7.11 Å². The van der Waals surface area contributed by atoms with Crippen molar-refractivity contribution in [2.45, 2.75) is 38.8 Å². The number of rotatable bonds is 8. The van der Waals surface area contributed by atoms with Crippen LogP contribution in [0.3, 0.4) is 0 Å². The lowest BCUT2D eigenvalue weighted by Gasteiger charge is -2.41. The average molecular weight is 720 g/mol. The molecule has 0 aliphatic carbocycles. The molecule has 3 aromatic rings. The Kier molecular flexibility index (Phi) is 9.93. The number of nitrogens with zero attached hydrogens (tertiary/aromatic N) is 4. The second kappa shape index (κ2) is 13.9. The number of aryl methyl sites for hydroxylation is 1. The zero-order valence-electron chi connectivity index (χ0n) is 27.8. The van der Waals surface area contributed by atoms with E-state index in [9.17, 15) is 22.8 Å². The molecule has 0 spiro atoms. The lowest BCUT2D eigenvalue weighted by molar-refractivity contribution is 0.0728. The number of halogens is 2. The highest BCUT2D eigenvalue weighted by atomic mass is 35.5. The molecule has 0 radical (unpaired) electrons. The van der Waals surface area contributed by atoms with Crippen molar-refractivity contribution < 1.29 is 36.3 Å². The average Bonchev–Trinajstić information content (AvgIpc) is 3.63. The van der Waals surface area contributed by atoms with Crippen molar-refractivity contribution in [2.24, 2.45) is 0 Å². The van der Waals surface area contributed by atoms with Crippen LogP contribution in [-0.2, 0) is 27.9 Å². The molecule has 2 amide bonds. The van der Waals surface area contributed by atoms with E-state index in [0.29, 0.717) is 47.5 Å². The van der Waals surface area contributed by atoms with Crippen LogP contribution in [-0.4, -0.2) is 108 Å². The highest BCUT2D eigenvalue weighted by Crippen LogP contribution is 2.39. The third kappa shape index (κ3) is 6.61.